The Labute approximate surface area is 172 Å². The van der Waals surface area contributed by atoms with Crippen molar-refractivity contribution in [2.45, 2.75) is 19.9 Å². The third-order valence-electron chi connectivity index (χ3n) is 4.97. The summed E-state index contributed by atoms with van der Waals surface area (Å²) in [5.41, 5.74) is 3.35. The number of nitrogens with one attached hydrogen (secondary N) is 1. The highest BCUT2D eigenvalue weighted by atomic mass is 19.1. The fourth-order valence-electron chi connectivity index (χ4n) is 3.29. The number of halogens is 1. The molecule has 6 nitrogen and oxygen atoms in total. The van der Waals surface area contributed by atoms with Gasteiger partial charge in [-0.2, -0.15) is 0 Å². The Balaban J connectivity index is 1.69. The number of carbonyl (C=O) groups excluding carboxylic acids is 1. The van der Waals surface area contributed by atoms with Gasteiger partial charge in [0.05, 0.1) is 35.5 Å². The van der Waals surface area contributed by atoms with E-state index in [0.29, 0.717) is 27.9 Å². The van der Waals surface area contributed by atoms with Crippen molar-refractivity contribution in [3.05, 3.63) is 77.2 Å². The standard InChI is InChI=1S/C23H20FN3O3/c1-13(15-6-10-18(29-3)11-7-15)25-22(28)19-12-20(16-4-8-17(24)9-5-16)26-23-21(19)14(2)27-30-23/h4-13H,1-3H3,(H,25,28). The van der Waals surface area contributed by atoms with Crippen LogP contribution in [0.25, 0.3) is 22.4 Å². The molecular weight excluding hydrogens is 385 g/mol. The van der Waals surface area contributed by atoms with Crippen LogP contribution in [-0.4, -0.2) is 23.2 Å². The molecule has 1 N–H and O–H groups in total. The summed E-state index contributed by atoms with van der Waals surface area (Å²) in [5, 5.41) is 7.52. The van der Waals surface area contributed by atoms with Crippen molar-refractivity contribution in [3.8, 4) is 17.0 Å². The van der Waals surface area contributed by atoms with E-state index in [-0.39, 0.29) is 23.5 Å². The minimum absolute atomic E-state index is 0.235. The number of nitrogens with zero attached hydrogens (tertiary/aromatic N) is 2. The summed E-state index contributed by atoms with van der Waals surface area (Å²) in [6.07, 6.45) is 0. The molecule has 152 valence electrons. The molecule has 1 amide bonds. The van der Waals surface area contributed by atoms with Gasteiger partial charge in [-0.3, -0.25) is 4.79 Å². The maximum Gasteiger partial charge on any atom is 0.259 e. The molecule has 0 saturated carbocycles. The normalized spacial score (nSPS) is 12.0. The number of carbonyl (C=O) groups is 1. The summed E-state index contributed by atoms with van der Waals surface area (Å²) in [5.74, 6) is 0.124. The van der Waals surface area contributed by atoms with Crippen molar-refractivity contribution in [1.82, 2.24) is 15.5 Å². The summed E-state index contributed by atoms with van der Waals surface area (Å²) < 4.78 is 23.8. The predicted octanol–water partition coefficient (Wildman–Crippen LogP) is 4.84. The molecule has 0 saturated heterocycles. The van der Waals surface area contributed by atoms with Gasteiger partial charge >= 0.3 is 0 Å². The lowest BCUT2D eigenvalue weighted by Crippen LogP contribution is -2.27. The molecule has 1 atom stereocenters. The lowest BCUT2D eigenvalue weighted by Gasteiger charge is -2.15. The van der Waals surface area contributed by atoms with Gasteiger partial charge < -0.3 is 14.6 Å². The molecule has 0 fully saturated rings. The molecule has 0 aliphatic carbocycles. The quantitative estimate of drug-likeness (QED) is 0.514. The van der Waals surface area contributed by atoms with Crippen LogP contribution in [0.3, 0.4) is 0 Å². The van der Waals surface area contributed by atoms with Gasteiger partial charge in [0.2, 0.25) is 0 Å². The van der Waals surface area contributed by atoms with E-state index in [1.165, 1.54) is 12.1 Å². The highest BCUT2D eigenvalue weighted by Crippen LogP contribution is 2.28. The molecule has 4 rings (SSSR count). The Morgan fingerprint density at radius 2 is 1.83 bits per heavy atom. The average Bonchev–Trinajstić information content (AvgIpc) is 3.14. The summed E-state index contributed by atoms with van der Waals surface area (Å²) in [7, 11) is 1.61. The topological polar surface area (TPSA) is 77.2 Å². The Morgan fingerprint density at radius 3 is 2.50 bits per heavy atom. The molecule has 0 spiro atoms. The summed E-state index contributed by atoms with van der Waals surface area (Å²) in [6.45, 7) is 3.66. The Morgan fingerprint density at radius 1 is 1.13 bits per heavy atom. The van der Waals surface area contributed by atoms with Gasteiger partial charge in [0, 0.05) is 5.56 Å². The fraction of sp³-hybridized carbons (Fsp3) is 0.174. The molecule has 7 heteroatoms. The van der Waals surface area contributed by atoms with E-state index >= 15 is 0 Å². The summed E-state index contributed by atoms with van der Waals surface area (Å²) in [4.78, 5) is 17.6. The molecule has 0 aliphatic rings. The van der Waals surface area contributed by atoms with E-state index in [1.807, 2.05) is 31.2 Å². The van der Waals surface area contributed by atoms with E-state index in [2.05, 4.69) is 15.5 Å². The van der Waals surface area contributed by atoms with E-state index in [0.717, 1.165) is 11.3 Å². The van der Waals surface area contributed by atoms with Gasteiger partial charge in [0.25, 0.3) is 11.6 Å². The van der Waals surface area contributed by atoms with Crippen LogP contribution >= 0.6 is 0 Å². The van der Waals surface area contributed by atoms with Gasteiger partial charge in [-0.1, -0.05) is 17.3 Å². The predicted molar refractivity (Wildman–Crippen MR) is 111 cm³/mol. The lowest BCUT2D eigenvalue weighted by atomic mass is 10.0. The number of aromatic nitrogens is 2. The maximum atomic E-state index is 13.3. The smallest absolute Gasteiger partial charge is 0.259 e. The molecular formula is C23H20FN3O3. The molecule has 30 heavy (non-hydrogen) atoms. The maximum absolute atomic E-state index is 13.3. The van der Waals surface area contributed by atoms with Crippen LogP contribution in [0.1, 0.15) is 34.6 Å². The van der Waals surface area contributed by atoms with Gasteiger partial charge in [-0.05, 0) is 61.9 Å². The zero-order chi connectivity index (χ0) is 21.3. The van der Waals surface area contributed by atoms with Gasteiger partial charge in [0.1, 0.15) is 11.6 Å². The van der Waals surface area contributed by atoms with Crippen LogP contribution in [0.5, 0.6) is 5.75 Å². The van der Waals surface area contributed by atoms with Crippen LogP contribution in [0.4, 0.5) is 4.39 Å². The number of fused-ring (bicyclic) bond motifs is 1. The minimum Gasteiger partial charge on any atom is -0.497 e. The van der Waals surface area contributed by atoms with Gasteiger partial charge in [-0.15, -0.1) is 0 Å². The monoisotopic (exact) mass is 405 g/mol. The first kappa shape index (κ1) is 19.6. The Hall–Kier alpha value is -3.74. The van der Waals surface area contributed by atoms with E-state index in [1.54, 1.807) is 32.2 Å². The Bertz CT molecular complexity index is 1200. The third kappa shape index (κ3) is 3.74. The zero-order valence-corrected chi connectivity index (χ0v) is 16.8. The van der Waals surface area contributed by atoms with Crippen LogP contribution in [0.2, 0.25) is 0 Å². The number of aryl methyl sites for hydroxylation is 1. The second kappa shape index (κ2) is 7.94. The highest BCUT2D eigenvalue weighted by molar-refractivity contribution is 6.07. The zero-order valence-electron chi connectivity index (χ0n) is 16.8. The molecule has 0 aliphatic heterocycles. The van der Waals surface area contributed by atoms with Crippen LogP contribution < -0.4 is 10.1 Å². The minimum atomic E-state index is -0.346. The van der Waals surface area contributed by atoms with E-state index in [4.69, 9.17) is 9.26 Å². The number of benzene rings is 2. The van der Waals surface area contributed by atoms with Gasteiger partial charge in [0.15, 0.2) is 0 Å². The highest BCUT2D eigenvalue weighted by Gasteiger charge is 2.21. The number of rotatable bonds is 5. The molecule has 2 aromatic heterocycles. The van der Waals surface area contributed by atoms with Crippen molar-refractivity contribution in [2.75, 3.05) is 7.11 Å². The summed E-state index contributed by atoms with van der Waals surface area (Å²) in [6, 6.07) is 14.8. The molecule has 2 aromatic carbocycles. The fourth-order valence-corrected chi connectivity index (χ4v) is 3.29. The van der Waals surface area contributed by atoms with Crippen molar-refractivity contribution < 1.29 is 18.4 Å². The lowest BCUT2D eigenvalue weighted by molar-refractivity contribution is 0.0941. The molecule has 0 bridgehead atoms. The van der Waals surface area contributed by atoms with Crippen molar-refractivity contribution in [1.29, 1.82) is 0 Å². The third-order valence-corrected chi connectivity index (χ3v) is 4.97. The number of hydrogen-bond acceptors (Lipinski definition) is 5. The van der Waals surface area contributed by atoms with Crippen LogP contribution in [0.15, 0.2) is 59.1 Å². The van der Waals surface area contributed by atoms with Crippen molar-refractivity contribution >= 4 is 17.0 Å². The average molecular weight is 405 g/mol. The van der Waals surface area contributed by atoms with E-state index < -0.39 is 0 Å². The first-order chi connectivity index (χ1) is 14.5. The van der Waals surface area contributed by atoms with Crippen LogP contribution in [-0.2, 0) is 0 Å². The SMILES string of the molecule is COc1ccc(C(C)NC(=O)c2cc(-c3ccc(F)cc3)nc3onc(C)c23)cc1. The van der Waals surface area contributed by atoms with Gasteiger partial charge in [-0.25, -0.2) is 9.37 Å². The number of hydrogen-bond donors (Lipinski definition) is 1. The molecule has 1 unspecified atom stereocenters. The largest absolute Gasteiger partial charge is 0.497 e. The number of amides is 1. The second-order valence-corrected chi connectivity index (χ2v) is 6.98. The molecule has 0 radical (unpaired) electrons. The molecule has 2 heterocycles. The van der Waals surface area contributed by atoms with Crippen molar-refractivity contribution in [3.63, 3.8) is 0 Å². The second-order valence-electron chi connectivity index (χ2n) is 6.98. The molecule has 4 aromatic rings. The first-order valence-electron chi connectivity index (χ1n) is 9.44. The number of ether oxygens (including phenoxy) is 1. The first-order valence-corrected chi connectivity index (χ1v) is 9.44. The summed E-state index contributed by atoms with van der Waals surface area (Å²) >= 11 is 0. The van der Waals surface area contributed by atoms with E-state index in [9.17, 15) is 9.18 Å². The number of methoxy groups -OCH3 is 1. The van der Waals surface area contributed by atoms with Crippen molar-refractivity contribution in [2.24, 2.45) is 0 Å². The number of pyridine rings is 1. The Kier molecular flexibility index (Phi) is 5.18. The van der Waals surface area contributed by atoms with Crippen LogP contribution in [0, 0.1) is 12.7 Å².